The molecule has 5 aromatic rings. The number of carbonyl (C=O) groups is 2. The number of amides is 2. The molecule has 0 radical (unpaired) electrons. The van der Waals surface area contributed by atoms with Crippen LogP contribution in [0.1, 0.15) is 40.0 Å². The number of piperazine rings is 1. The smallest absolute Gasteiger partial charge is 0.399 e. The number of aryl methyl sites for hydroxylation is 1. The zero-order chi connectivity index (χ0) is 34.9. The molecule has 0 aliphatic carbocycles. The number of quaternary nitrogens is 1. The Balaban J connectivity index is 0.971. The molecular formula is C39H43N8O3+. The summed E-state index contributed by atoms with van der Waals surface area (Å²) in [5.74, 6) is 0.269. The third-order valence-corrected chi connectivity index (χ3v) is 9.03. The monoisotopic (exact) mass is 671 g/mol. The fourth-order valence-electron chi connectivity index (χ4n) is 5.81. The first-order valence-electron chi connectivity index (χ1n) is 16.8. The fraction of sp³-hybridized carbons (Fsp3) is 0.256. The first-order valence-corrected chi connectivity index (χ1v) is 16.8. The minimum absolute atomic E-state index is 0.121. The molecule has 1 atom stereocenters. The van der Waals surface area contributed by atoms with E-state index in [0.29, 0.717) is 28.4 Å². The number of hydrogen-bond acceptors (Lipinski definition) is 8. The van der Waals surface area contributed by atoms with Crippen molar-refractivity contribution in [2.75, 3.05) is 50.6 Å². The van der Waals surface area contributed by atoms with E-state index in [0.717, 1.165) is 66.4 Å². The van der Waals surface area contributed by atoms with Gasteiger partial charge in [-0.25, -0.2) is 14.8 Å². The van der Waals surface area contributed by atoms with Gasteiger partial charge in [0.05, 0.1) is 31.9 Å². The van der Waals surface area contributed by atoms with Crippen molar-refractivity contribution in [2.24, 2.45) is 0 Å². The van der Waals surface area contributed by atoms with E-state index in [9.17, 15) is 9.59 Å². The highest BCUT2D eigenvalue weighted by molar-refractivity contribution is 6.04. The van der Waals surface area contributed by atoms with E-state index < -0.39 is 6.09 Å². The predicted molar refractivity (Wildman–Crippen MR) is 195 cm³/mol. The number of anilines is 3. The van der Waals surface area contributed by atoms with Gasteiger partial charge in [-0.2, -0.15) is 0 Å². The largest absolute Gasteiger partial charge is 0.411 e. The van der Waals surface area contributed by atoms with Gasteiger partial charge in [0.25, 0.3) is 5.91 Å². The molecule has 2 amide bonds. The summed E-state index contributed by atoms with van der Waals surface area (Å²) in [6.07, 6.45) is 4.79. The second-order valence-electron chi connectivity index (χ2n) is 13.0. The van der Waals surface area contributed by atoms with Crippen LogP contribution in [0.15, 0.2) is 110 Å². The van der Waals surface area contributed by atoms with E-state index in [-0.39, 0.29) is 11.9 Å². The molecule has 3 heterocycles. The van der Waals surface area contributed by atoms with Crippen LogP contribution in [0.25, 0.3) is 11.3 Å². The molecule has 1 fully saturated rings. The maximum atomic E-state index is 13.2. The van der Waals surface area contributed by atoms with Gasteiger partial charge in [0.1, 0.15) is 0 Å². The number of nitrogens with one attached hydrogen (secondary N) is 3. The summed E-state index contributed by atoms with van der Waals surface area (Å²) in [7, 11) is 2.13. The van der Waals surface area contributed by atoms with E-state index >= 15 is 0 Å². The highest BCUT2D eigenvalue weighted by Gasteiger charge is 2.30. The van der Waals surface area contributed by atoms with Crippen molar-refractivity contribution in [1.82, 2.24) is 25.2 Å². The van der Waals surface area contributed by atoms with Crippen LogP contribution in [0.2, 0.25) is 0 Å². The number of likely N-dealkylation sites (N-methyl/N-ethyl adjacent to an activating group) is 1. The number of carbonyl (C=O) groups excluding carboxylic acids is 2. The second kappa shape index (κ2) is 15.7. The highest BCUT2D eigenvalue weighted by Crippen LogP contribution is 2.25. The van der Waals surface area contributed by atoms with Crippen LogP contribution < -0.4 is 16.0 Å². The standard InChI is InChI=1S/C39H42N8O3/c1-28-11-16-34(24-36(28)45-38-41-19-17-35(44-38)33-10-7-18-40-25-33)43-37(48)32-14-12-30(13-15-32)26-46-20-22-47(3,23-21-46)27-50-39(49)42-29(2)31-8-5-4-6-9-31/h4-19,24-25,29H,20-23,26-27H2,1-3H3,(H2-,41,42,43,44,45,48,49)/p+1. The highest BCUT2D eigenvalue weighted by atomic mass is 16.6. The quantitative estimate of drug-likeness (QED) is 0.135. The van der Waals surface area contributed by atoms with Gasteiger partial charge in [0.2, 0.25) is 12.7 Å². The summed E-state index contributed by atoms with van der Waals surface area (Å²) in [6, 6.07) is 28.8. The molecule has 0 spiro atoms. The van der Waals surface area contributed by atoms with Crippen LogP contribution >= 0.6 is 0 Å². The molecule has 11 heteroatoms. The molecule has 6 rings (SSSR count). The number of rotatable bonds is 11. The molecule has 3 aromatic carbocycles. The number of aromatic nitrogens is 3. The molecule has 3 N–H and O–H groups in total. The van der Waals surface area contributed by atoms with E-state index in [1.165, 1.54) is 0 Å². The summed E-state index contributed by atoms with van der Waals surface area (Å²) in [5.41, 5.74) is 6.87. The minimum atomic E-state index is -0.399. The minimum Gasteiger partial charge on any atom is -0.399 e. The van der Waals surface area contributed by atoms with Crippen molar-refractivity contribution in [1.29, 1.82) is 0 Å². The van der Waals surface area contributed by atoms with E-state index in [1.54, 1.807) is 18.6 Å². The van der Waals surface area contributed by atoms with Crippen molar-refractivity contribution in [3.05, 3.63) is 132 Å². The van der Waals surface area contributed by atoms with Gasteiger partial charge in [-0.1, -0.05) is 48.5 Å². The van der Waals surface area contributed by atoms with Gasteiger partial charge >= 0.3 is 6.09 Å². The Bertz CT molecular complexity index is 1900. The Morgan fingerprint density at radius 3 is 2.46 bits per heavy atom. The average molecular weight is 672 g/mol. The Kier molecular flexibility index (Phi) is 10.8. The van der Waals surface area contributed by atoms with Gasteiger partial charge in [-0.15, -0.1) is 0 Å². The number of ether oxygens (including phenoxy) is 1. The maximum Gasteiger partial charge on any atom is 0.411 e. The summed E-state index contributed by atoms with van der Waals surface area (Å²) in [6.45, 7) is 8.56. The van der Waals surface area contributed by atoms with Crippen molar-refractivity contribution < 1.29 is 18.8 Å². The van der Waals surface area contributed by atoms with E-state index in [4.69, 9.17) is 4.74 Å². The summed E-state index contributed by atoms with van der Waals surface area (Å²) < 4.78 is 6.29. The third kappa shape index (κ3) is 9.07. The molecule has 1 aliphatic rings. The molecule has 0 bridgehead atoms. The molecule has 1 unspecified atom stereocenters. The summed E-state index contributed by atoms with van der Waals surface area (Å²) >= 11 is 0. The molecule has 11 nitrogen and oxygen atoms in total. The van der Waals surface area contributed by atoms with Gasteiger partial charge in [-0.3, -0.25) is 19.2 Å². The third-order valence-electron chi connectivity index (χ3n) is 9.03. The van der Waals surface area contributed by atoms with Crippen LogP contribution in [0.4, 0.5) is 22.1 Å². The first kappa shape index (κ1) is 34.2. The van der Waals surface area contributed by atoms with Crippen LogP contribution in [0.3, 0.4) is 0 Å². The van der Waals surface area contributed by atoms with Crippen molar-refractivity contribution >= 4 is 29.3 Å². The molecule has 1 aliphatic heterocycles. The lowest BCUT2D eigenvalue weighted by molar-refractivity contribution is -0.929. The number of hydrogen-bond donors (Lipinski definition) is 3. The topological polar surface area (TPSA) is 121 Å². The van der Waals surface area contributed by atoms with E-state index in [2.05, 4.69) is 42.8 Å². The van der Waals surface area contributed by atoms with Crippen LogP contribution in [-0.2, 0) is 11.3 Å². The van der Waals surface area contributed by atoms with Crippen molar-refractivity contribution in [2.45, 2.75) is 26.4 Å². The number of nitrogens with zero attached hydrogens (tertiary/aromatic N) is 5. The molecular weight excluding hydrogens is 628 g/mol. The van der Waals surface area contributed by atoms with Gasteiger partial charge in [0.15, 0.2) is 0 Å². The van der Waals surface area contributed by atoms with Gasteiger partial charge < -0.3 is 20.7 Å². The SMILES string of the molecule is Cc1ccc(NC(=O)c2ccc(CN3CC[N+](C)(COC(=O)NC(C)c4ccccc4)CC3)cc2)cc1Nc1nccc(-c2cccnc2)n1. The summed E-state index contributed by atoms with van der Waals surface area (Å²) in [4.78, 5) is 41.2. The number of benzene rings is 3. The average Bonchev–Trinajstić information content (AvgIpc) is 3.14. The van der Waals surface area contributed by atoms with E-state index in [1.807, 2.05) is 105 Å². The number of alkyl carbamates (subject to hydrolysis) is 1. The molecule has 2 aromatic heterocycles. The number of pyridine rings is 1. The normalized spacial score (nSPS) is 14.7. The van der Waals surface area contributed by atoms with Crippen molar-refractivity contribution in [3.63, 3.8) is 0 Å². The fourth-order valence-corrected chi connectivity index (χ4v) is 5.81. The van der Waals surface area contributed by atoms with Crippen LogP contribution in [-0.4, -0.2) is 76.3 Å². The Morgan fingerprint density at radius 2 is 1.72 bits per heavy atom. The first-order chi connectivity index (χ1) is 24.2. The summed E-state index contributed by atoms with van der Waals surface area (Å²) in [5, 5.41) is 9.22. The van der Waals surface area contributed by atoms with Gasteiger partial charge in [-0.05, 0) is 73.0 Å². The van der Waals surface area contributed by atoms with Crippen LogP contribution in [0.5, 0.6) is 0 Å². The van der Waals surface area contributed by atoms with Gasteiger partial charge in [0, 0.05) is 60.7 Å². The molecule has 50 heavy (non-hydrogen) atoms. The lowest BCUT2D eigenvalue weighted by Gasteiger charge is -2.41. The van der Waals surface area contributed by atoms with Crippen LogP contribution in [0, 0.1) is 6.92 Å². The van der Waals surface area contributed by atoms with Crippen molar-refractivity contribution in [3.8, 4) is 11.3 Å². The predicted octanol–water partition coefficient (Wildman–Crippen LogP) is 6.55. The zero-order valence-corrected chi connectivity index (χ0v) is 28.7. The molecule has 256 valence electrons. The second-order valence-corrected chi connectivity index (χ2v) is 13.0. The zero-order valence-electron chi connectivity index (χ0n) is 28.7. The lowest BCUT2D eigenvalue weighted by Crippen LogP contribution is -2.58. The maximum absolute atomic E-state index is 13.2. The Labute approximate surface area is 293 Å². The molecule has 1 saturated heterocycles. The Hall–Kier alpha value is -5.65. The molecule has 0 saturated carbocycles. The Morgan fingerprint density at radius 1 is 0.940 bits per heavy atom. The lowest BCUT2D eigenvalue weighted by atomic mass is 10.1.